The fraction of sp³-hybridized carbons (Fsp3) is 0.350. The maximum absolute atomic E-state index is 12.7. The molecule has 180 valence electrons. The van der Waals surface area contributed by atoms with Gasteiger partial charge in [-0.1, -0.05) is 6.92 Å². The molecule has 0 saturated carbocycles. The molecule has 14 heteroatoms. The largest absolute Gasteiger partial charge is 0.444 e. The van der Waals surface area contributed by atoms with Crippen LogP contribution in [-0.4, -0.2) is 68.8 Å². The van der Waals surface area contributed by atoms with Gasteiger partial charge in [-0.2, -0.15) is 18.3 Å². The van der Waals surface area contributed by atoms with Crippen LogP contribution in [0.2, 0.25) is 0 Å². The van der Waals surface area contributed by atoms with Crippen molar-refractivity contribution in [3.8, 4) is 11.5 Å². The Hall–Kier alpha value is -3.94. The van der Waals surface area contributed by atoms with Gasteiger partial charge in [-0.05, 0) is 18.7 Å². The van der Waals surface area contributed by atoms with Gasteiger partial charge in [-0.3, -0.25) is 19.2 Å². The molecule has 4 N–H and O–H groups in total. The molecule has 4 heterocycles. The smallest absolute Gasteiger partial charge is 0.405 e. The molecule has 0 bridgehead atoms. The quantitative estimate of drug-likeness (QED) is 0.447. The van der Waals surface area contributed by atoms with E-state index in [1.807, 2.05) is 6.92 Å². The van der Waals surface area contributed by atoms with E-state index >= 15 is 0 Å². The number of primary amides is 1. The van der Waals surface area contributed by atoms with E-state index in [4.69, 9.17) is 10.2 Å². The van der Waals surface area contributed by atoms with Crippen LogP contribution in [0.25, 0.3) is 11.5 Å². The Morgan fingerprint density at radius 3 is 2.76 bits per heavy atom. The zero-order chi connectivity index (χ0) is 24.5. The van der Waals surface area contributed by atoms with Gasteiger partial charge >= 0.3 is 6.18 Å². The first kappa shape index (κ1) is 23.2. The number of carbonyl (C=O) groups is 2. The highest BCUT2D eigenvalue weighted by Gasteiger charge is 2.30. The number of amides is 2. The van der Waals surface area contributed by atoms with Crippen molar-refractivity contribution < 1.29 is 27.2 Å². The third-order valence-corrected chi connectivity index (χ3v) is 5.19. The Morgan fingerprint density at radius 1 is 1.32 bits per heavy atom. The number of pyridine rings is 1. The molecule has 0 unspecified atom stereocenters. The van der Waals surface area contributed by atoms with Gasteiger partial charge in [-0.15, -0.1) is 0 Å². The van der Waals surface area contributed by atoms with Gasteiger partial charge in [0, 0.05) is 31.0 Å². The van der Waals surface area contributed by atoms with E-state index in [9.17, 15) is 22.8 Å². The van der Waals surface area contributed by atoms with Gasteiger partial charge in [0.15, 0.2) is 11.4 Å². The molecule has 1 aliphatic rings. The maximum Gasteiger partial charge on any atom is 0.405 e. The Kier molecular flexibility index (Phi) is 6.24. The summed E-state index contributed by atoms with van der Waals surface area (Å²) in [5.41, 5.74) is 5.67. The molecule has 1 saturated heterocycles. The average molecular weight is 478 g/mol. The number of aromatic nitrogens is 4. The van der Waals surface area contributed by atoms with Crippen molar-refractivity contribution in [1.29, 1.82) is 0 Å². The SMILES string of the molecule is CCN1CC(n2cc(NC(=O)c3coc(-c4ccnc(NCC(F)(F)F)c4)n3)c(C(N)=O)n2)C1. The lowest BCUT2D eigenvalue weighted by Crippen LogP contribution is -2.47. The molecule has 3 aromatic heterocycles. The summed E-state index contributed by atoms with van der Waals surface area (Å²) >= 11 is 0. The summed E-state index contributed by atoms with van der Waals surface area (Å²) in [7, 11) is 0. The molecule has 34 heavy (non-hydrogen) atoms. The number of likely N-dealkylation sites (tertiary alicyclic amines) is 1. The fourth-order valence-corrected chi connectivity index (χ4v) is 3.37. The van der Waals surface area contributed by atoms with Crippen LogP contribution in [0.3, 0.4) is 0 Å². The van der Waals surface area contributed by atoms with E-state index in [0.29, 0.717) is 5.56 Å². The zero-order valence-electron chi connectivity index (χ0n) is 18.0. The lowest BCUT2D eigenvalue weighted by atomic mass is 10.1. The first-order valence-corrected chi connectivity index (χ1v) is 10.3. The number of alkyl halides is 3. The number of rotatable bonds is 8. The minimum atomic E-state index is -4.41. The number of carbonyl (C=O) groups excluding carboxylic acids is 2. The number of nitrogens with two attached hydrogens (primary N) is 1. The molecule has 0 radical (unpaired) electrons. The molecule has 2 amide bonds. The van der Waals surface area contributed by atoms with E-state index < -0.39 is 24.5 Å². The predicted molar refractivity (Wildman–Crippen MR) is 114 cm³/mol. The number of halogens is 3. The molecule has 0 spiro atoms. The summed E-state index contributed by atoms with van der Waals surface area (Å²) in [6.45, 7) is 3.22. The van der Waals surface area contributed by atoms with Crippen molar-refractivity contribution in [1.82, 2.24) is 24.6 Å². The lowest BCUT2D eigenvalue weighted by molar-refractivity contribution is -0.115. The van der Waals surface area contributed by atoms with Gasteiger partial charge in [0.05, 0.1) is 11.7 Å². The molecule has 1 fully saturated rings. The van der Waals surface area contributed by atoms with Crippen LogP contribution in [0.15, 0.2) is 35.2 Å². The van der Waals surface area contributed by atoms with Crippen LogP contribution in [0, 0.1) is 0 Å². The highest BCUT2D eigenvalue weighted by molar-refractivity contribution is 6.07. The van der Waals surface area contributed by atoms with Crippen molar-refractivity contribution in [2.45, 2.75) is 19.1 Å². The summed E-state index contributed by atoms with van der Waals surface area (Å²) in [5, 5.41) is 8.93. The Bertz CT molecular complexity index is 1200. The van der Waals surface area contributed by atoms with Crippen molar-refractivity contribution in [3.63, 3.8) is 0 Å². The number of anilines is 2. The van der Waals surface area contributed by atoms with Gasteiger partial charge in [-0.25, -0.2) is 9.97 Å². The van der Waals surface area contributed by atoms with Crippen molar-refractivity contribution in [2.24, 2.45) is 5.73 Å². The Morgan fingerprint density at radius 2 is 2.09 bits per heavy atom. The third-order valence-electron chi connectivity index (χ3n) is 5.19. The minimum absolute atomic E-state index is 0.00236. The second-order valence-electron chi connectivity index (χ2n) is 7.63. The molecule has 0 aliphatic carbocycles. The number of nitrogens with one attached hydrogen (secondary N) is 2. The number of oxazole rings is 1. The monoisotopic (exact) mass is 478 g/mol. The summed E-state index contributed by atoms with van der Waals surface area (Å²) in [6.07, 6.45) is -0.492. The number of hydrogen-bond donors (Lipinski definition) is 3. The molecular weight excluding hydrogens is 457 g/mol. The van der Waals surface area contributed by atoms with E-state index in [0.717, 1.165) is 25.9 Å². The van der Waals surface area contributed by atoms with E-state index in [-0.39, 0.29) is 34.8 Å². The first-order valence-electron chi connectivity index (χ1n) is 10.3. The standard InChI is InChI=1S/C20H21F3N8O3/c1-2-30-6-12(7-30)31-8-13(16(29-31)17(24)32)27-18(33)14-9-34-19(28-14)11-3-4-25-15(5-11)26-10-20(21,22)23/h3-5,8-9,12H,2,6-7,10H2,1H3,(H2,24,32)(H,25,26)(H,27,33). The second kappa shape index (κ2) is 9.13. The van der Waals surface area contributed by atoms with E-state index in [2.05, 4.69) is 30.6 Å². The van der Waals surface area contributed by atoms with E-state index in [1.54, 1.807) is 4.68 Å². The molecule has 3 aromatic rings. The lowest BCUT2D eigenvalue weighted by Gasteiger charge is -2.38. The maximum atomic E-state index is 12.7. The van der Waals surface area contributed by atoms with Crippen LogP contribution < -0.4 is 16.4 Å². The number of nitrogens with zero attached hydrogens (tertiary/aromatic N) is 5. The van der Waals surface area contributed by atoms with Gasteiger partial charge in [0.25, 0.3) is 11.8 Å². The highest BCUT2D eigenvalue weighted by Crippen LogP contribution is 2.25. The molecule has 0 atom stereocenters. The Balaban J connectivity index is 1.47. The summed E-state index contributed by atoms with van der Waals surface area (Å²) in [5.74, 6) is -1.50. The topological polar surface area (TPSA) is 144 Å². The number of hydrogen-bond acceptors (Lipinski definition) is 8. The van der Waals surface area contributed by atoms with Crippen molar-refractivity contribution >= 4 is 23.3 Å². The fourth-order valence-electron chi connectivity index (χ4n) is 3.37. The average Bonchev–Trinajstić information content (AvgIpc) is 3.39. The highest BCUT2D eigenvalue weighted by atomic mass is 19.4. The molecular formula is C20H21F3N8O3. The Labute approximate surface area is 191 Å². The molecule has 1 aliphatic heterocycles. The van der Waals surface area contributed by atoms with E-state index in [1.165, 1.54) is 24.5 Å². The summed E-state index contributed by atoms with van der Waals surface area (Å²) < 4.78 is 44.2. The predicted octanol–water partition coefficient (Wildman–Crippen LogP) is 2.14. The normalized spacial score (nSPS) is 14.6. The second-order valence-corrected chi connectivity index (χ2v) is 7.63. The summed E-state index contributed by atoms with van der Waals surface area (Å²) in [6, 6.07) is 2.85. The zero-order valence-corrected chi connectivity index (χ0v) is 18.0. The van der Waals surface area contributed by atoms with Crippen molar-refractivity contribution in [3.05, 3.63) is 42.2 Å². The van der Waals surface area contributed by atoms with Crippen LogP contribution in [0.4, 0.5) is 24.7 Å². The number of likely N-dealkylation sites (N-methyl/N-ethyl adjacent to an activating group) is 1. The third kappa shape index (κ3) is 5.17. The van der Waals surface area contributed by atoms with Crippen LogP contribution >= 0.6 is 0 Å². The first-order chi connectivity index (χ1) is 16.1. The van der Waals surface area contributed by atoms with Crippen LogP contribution in [0.5, 0.6) is 0 Å². The minimum Gasteiger partial charge on any atom is -0.444 e. The molecule has 0 aromatic carbocycles. The summed E-state index contributed by atoms with van der Waals surface area (Å²) in [4.78, 5) is 34.6. The molecule has 4 rings (SSSR count). The van der Waals surface area contributed by atoms with Gasteiger partial charge in [0.1, 0.15) is 18.6 Å². The van der Waals surface area contributed by atoms with Crippen LogP contribution in [-0.2, 0) is 0 Å². The van der Waals surface area contributed by atoms with Gasteiger partial charge in [0.2, 0.25) is 5.89 Å². The molecule has 11 nitrogen and oxygen atoms in total. The van der Waals surface area contributed by atoms with Gasteiger partial charge < -0.3 is 20.8 Å². The van der Waals surface area contributed by atoms with Crippen molar-refractivity contribution in [2.75, 3.05) is 36.8 Å². The van der Waals surface area contributed by atoms with Crippen LogP contribution in [0.1, 0.15) is 33.9 Å².